The highest BCUT2D eigenvalue weighted by Gasteiger charge is 2.09. The maximum atomic E-state index is 3.64. The molecule has 106 valence electrons. The highest BCUT2D eigenvalue weighted by molar-refractivity contribution is 5.54. The lowest BCUT2D eigenvalue weighted by Crippen LogP contribution is -2.25. The van der Waals surface area contributed by atoms with E-state index in [0.29, 0.717) is 6.04 Å². The number of unbranched alkanes of at least 4 members (excludes halogenated alkanes) is 2. The molecule has 2 N–H and O–H groups in total. The van der Waals surface area contributed by atoms with Crippen LogP contribution in [-0.2, 0) is 13.0 Å². The second-order valence-electron chi connectivity index (χ2n) is 5.80. The van der Waals surface area contributed by atoms with Gasteiger partial charge >= 0.3 is 0 Å². The number of aryl methyl sites for hydroxylation is 1. The Morgan fingerprint density at radius 2 is 2.21 bits per heavy atom. The molecule has 0 bridgehead atoms. The van der Waals surface area contributed by atoms with Crippen molar-refractivity contribution in [1.29, 1.82) is 0 Å². The molecule has 2 heteroatoms. The third-order valence-electron chi connectivity index (χ3n) is 4.00. The summed E-state index contributed by atoms with van der Waals surface area (Å²) in [5.41, 5.74) is 4.25. The first-order chi connectivity index (χ1) is 9.29. The van der Waals surface area contributed by atoms with Crippen molar-refractivity contribution in [3.05, 3.63) is 29.3 Å². The van der Waals surface area contributed by atoms with E-state index in [1.807, 2.05) is 0 Å². The summed E-state index contributed by atoms with van der Waals surface area (Å²) < 4.78 is 0. The van der Waals surface area contributed by atoms with Crippen molar-refractivity contribution in [2.45, 2.75) is 65.0 Å². The number of anilines is 1. The Hall–Kier alpha value is -1.02. The fourth-order valence-electron chi connectivity index (χ4n) is 2.73. The van der Waals surface area contributed by atoms with Gasteiger partial charge in [-0.2, -0.15) is 0 Å². The molecule has 1 aromatic carbocycles. The Kier molecular flexibility index (Phi) is 5.71. The minimum Gasteiger partial charge on any atom is -0.385 e. The Balaban J connectivity index is 1.79. The Morgan fingerprint density at radius 1 is 1.32 bits per heavy atom. The molecule has 0 aliphatic carbocycles. The van der Waals surface area contributed by atoms with Gasteiger partial charge in [-0.05, 0) is 43.4 Å². The van der Waals surface area contributed by atoms with Crippen LogP contribution in [0.25, 0.3) is 0 Å². The molecule has 0 saturated carbocycles. The zero-order chi connectivity index (χ0) is 13.5. The lowest BCUT2D eigenvalue weighted by molar-refractivity contribution is 0.487. The number of hydrogen-bond acceptors (Lipinski definition) is 2. The fraction of sp³-hybridized carbons (Fsp3) is 0.647. The van der Waals surface area contributed by atoms with Gasteiger partial charge in [0.2, 0.25) is 0 Å². The molecule has 1 heterocycles. The maximum absolute atomic E-state index is 3.64. The molecule has 1 aliphatic heterocycles. The van der Waals surface area contributed by atoms with Crippen molar-refractivity contribution in [2.24, 2.45) is 0 Å². The van der Waals surface area contributed by atoms with Gasteiger partial charge in [-0.25, -0.2) is 0 Å². The van der Waals surface area contributed by atoms with Crippen LogP contribution in [0.1, 0.15) is 57.1 Å². The molecule has 1 unspecified atom stereocenters. The predicted octanol–water partition coefficient (Wildman–Crippen LogP) is 4.10. The van der Waals surface area contributed by atoms with E-state index in [1.165, 1.54) is 55.3 Å². The smallest absolute Gasteiger partial charge is 0.0372 e. The van der Waals surface area contributed by atoms with Gasteiger partial charge in [0, 0.05) is 24.8 Å². The zero-order valence-corrected chi connectivity index (χ0v) is 12.5. The van der Waals surface area contributed by atoms with Gasteiger partial charge in [-0.3, -0.25) is 0 Å². The molecule has 1 aliphatic rings. The van der Waals surface area contributed by atoms with Crippen LogP contribution in [0.3, 0.4) is 0 Å². The molecule has 0 fully saturated rings. The fourth-order valence-corrected chi connectivity index (χ4v) is 2.73. The van der Waals surface area contributed by atoms with Crippen LogP contribution in [0.2, 0.25) is 0 Å². The third kappa shape index (κ3) is 4.54. The number of nitrogens with one attached hydrogen (secondary N) is 2. The van der Waals surface area contributed by atoms with E-state index < -0.39 is 0 Å². The summed E-state index contributed by atoms with van der Waals surface area (Å²) in [5.74, 6) is 0. The summed E-state index contributed by atoms with van der Waals surface area (Å²) in [6.45, 7) is 6.69. The number of benzene rings is 1. The van der Waals surface area contributed by atoms with E-state index in [-0.39, 0.29) is 0 Å². The van der Waals surface area contributed by atoms with Crippen LogP contribution in [0.5, 0.6) is 0 Å². The average molecular weight is 260 g/mol. The van der Waals surface area contributed by atoms with Crippen LogP contribution in [0, 0.1) is 0 Å². The van der Waals surface area contributed by atoms with Gasteiger partial charge in [0.25, 0.3) is 0 Å². The molecule has 1 aromatic rings. The van der Waals surface area contributed by atoms with Crippen molar-refractivity contribution < 1.29 is 0 Å². The summed E-state index contributed by atoms with van der Waals surface area (Å²) in [7, 11) is 0. The zero-order valence-electron chi connectivity index (χ0n) is 12.5. The monoisotopic (exact) mass is 260 g/mol. The van der Waals surface area contributed by atoms with E-state index >= 15 is 0 Å². The van der Waals surface area contributed by atoms with Gasteiger partial charge < -0.3 is 10.6 Å². The number of rotatable bonds is 7. The van der Waals surface area contributed by atoms with E-state index in [9.17, 15) is 0 Å². The molecule has 0 amide bonds. The van der Waals surface area contributed by atoms with E-state index in [2.05, 4.69) is 42.7 Å². The molecular weight excluding hydrogens is 232 g/mol. The maximum Gasteiger partial charge on any atom is 0.0372 e. The first kappa shape index (κ1) is 14.4. The quantitative estimate of drug-likeness (QED) is 0.721. The molecule has 0 spiro atoms. The lowest BCUT2D eigenvalue weighted by Gasteiger charge is -2.19. The van der Waals surface area contributed by atoms with Crippen molar-refractivity contribution >= 4 is 5.69 Å². The molecule has 0 radical (unpaired) electrons. The van der Waals surface area contributed by atoms with Gasteiger partial charge in [0.05, 0.1) is 0 Å². The topological polar surface area (TPSA) is 24.1 Å². The largest absolute Gasteiger partial charge is 0.385 e. The number of hydrogen-bond donors (Lipinski definition) is 2. The van der Waals surface area contributed by atoms with Crippen molar-refractivity contribution in [3.63, 3.8) is 0 Å². The van der Waals surface area contributed by atoms with Gasteiger partial charge in [-0.1, -0.05) is 38.3 Å². The van der Waals surface area contributed by atoms with E-state index in [0.717, 1.165) is 13.1 Å². The molecular formula is C17H28N2. The van der Waals surface area contributed by atoms with Gasteiger partial charge in [0.1, 0.15) is 0 Å². The van der Waals surface area contributed by atoms with Gasteiger partial charge in [0.15, 0.2) is 0 Å². The molecule has 0 saturated heterocycles. The van der Waals surface area contributed by atoms with Crippen LogP contribution in [0.15, 0.2) is 18.2 Å². The standard InChI is InChI=1S/C17H28N2/c1-3-4-5-7-14(2)19-13-15-9-10-17-16(12-15)8-6-11-18-17/h9-10,12,14,18-19H,3-8,11,13H2,1-2H3. The van der Waals surface area contributed by atoms with Crippen LogP contribution in [0.4, 0.5) is 5.69 Å². The van der Waals surface area contributed by atoms with Crippen molar-refractivity contribution in [2.75, 3.05) is 11.9 Å². The minimum absolute atomic E-state index is 0.626. The molecule has 1 atom stereocenters. The first-order valence-electron chi connectivity index (χ1n) is 7.88. The van der Waals surface area contributed by atoms with E-state index in [1.54, 1.807) is 0 Å². The predicted molar refractivity (Wildman–Crippen MR) is 83.7 cm³/mol. The van der Waals surface area contributed by atoms with Crippen molar-refractivity contribution in [1.82, 2.24) is 5.32 Å². The minimum atomic E-state index is 0.626. The Morgan fingerprint density at radius 3 is 3.05 bits per heavy atom. The summed E-state index contributed by atoms with van der Waals surface area (Å²) in [4.78, 5) is 0. The molecule has 19 heavy (non-hydrogen) atoms. The number of fused-ring (bicyclic) bond motifs is 1. The Labute approximate surface area is 118 Å². The lowest BCUT2D eigenvalue weighted by atomic mass is 10.0. The second kappa shape index (κ2) is 7.54. The highest BCUT2D eigenvalue weighted by Crippen LogP contribution is 2.22. The van der Waals surface area contributed by atoms with Crippen LogP contribution in [-0.4, -0.2) is 12.6 Å². The normalized spacial score (nSPS) is 15.7. The van der Waals surface area contributed by atoms with Crippen LogP contribution < -0.4 is 10.6 Å². The van der Waals surface area contributed by atoms with Crippen LogP contribution >= 0.6 is 0 Å². The molecule has 2 nitrogen and oxygen atoms in total. The molecule has 2 rings (SSSR count). The summed E-state index contributed by atoms with van der Waals surface area (Å²) >= 11 is 0. The molecule has 0 aromatic heterocycles. The van der Waals surface area contributed by atoms with E-state index in [4.69, 9.17) is 0 Å². The highest BCUT2D eigenvalue weighted by atomic mass is 14.9. The van der Waals surface area contributed by atoms with Gasteiger partial charge in [-0.15, -0.1) is 0 Å². The SMILES string of the molecule is CCCCCC(C)NCc1ccc2c(c1)CCCN2. The summed E-state index contributed by atoms with van der Waals surface area (Å²) in [6.07, 6.45) is 7.79. The Bertz CT molecular complexity index is 387. The first-order valence-corrected chi connectivity index (χ1v) is 7.88. The summed E-state index contributed by atoms with van der Waals surface area (Å²) in [5, 5.41) is 7.11. The summed E-state index contributed by atoms with van der Waals surface area (Å²) in [6, 6.07) is 7.49. The third-order valence-corrected chi connectivity index (χ3v) is 4.00. The second-order valence-corrected chi connectivity index (χ2v) is 5.80. The average Bonchev–Trinajstić information content (AvgIpc) is 2.45. The van der Waals surface area contributed by atoms with Crippen molar-refractivity contribution in [3.8, 4) is 0 Å².